The van der Waals surface area contributed by atoms with Crippen LogP contribution >= 0.6 is 39.0 Å². The van der Waals surface area contributed by atoms with Gasteiger partial charge in [0, 0.05) is 22.8 Å². The first kappa shape index (κ1) is 20.8. The highest BCUT2D eigenvalue weighted by molar-refractivity contribution is 9.10. The van der Waals surface area contributed by atoms with E-state index in [0.29, 0.717) is 11.3 Å². The highest BCUT2D eigenvalue weighted by atomic mass is 79.9. The summed E-state index contributed by atoms with van der Waals surface area (Å²) >= 11 is 6.39. The summed E-state index contributed by atoms with van der Waals surface area (Å²) in [6.45, 7) is 2.83. The van der Waals surface area contributed by atoms with Crippen LogP contribution in [0.2, 0.25) is 0 Å². The van der Waals surface area contributed by atoms with Gasteiger partial charge in [-0.15, -0.1) is 11.3 Å². The molecule has 0 aliphatic heterocycles. The number of aromatic hydroxyl groups is 1. The number of aromatic nitrogens is 1. The van der Waals surface area contributed by atoms with Gasteiger partial charge in [0.25, 0.3) is 0 Å². The molecule has 0 bridgehead atoms. The van der Waals surface area contributed by atoms with E-state index in [1.165, 1.54) is 11.8 Å². The highest BCUT2D eigenvalue weighted by Crippen LogP contribution is 2.32. The molecule has 8 heteroatoms. The number of nitrogens with one attached hydrogen (secondary N) is 1. The first-order chi connectivity index (χ1) is 13.5. The Kier molecular flexibility index (Phi) is 7.47. The Morgan fingerprint density at radius 2 is 2.21 bits per heavy atom. The van der Waals surface area contributed by atoms with E-state index in [0.717, 1.165) is 44.1 Å². The molecule has 0 radical (unpaired) electrons. The molecule has 0 unspecified atom stereocenters. The second-order valence-corrected chi connectivity index (χ2v) is 9.25. The number of carbonyl (C=O) groups is 1. The van der Waals surface area contributed by atoms with Gasteiger partial charge in [0.1, 0.15) is 5.75 Å². The fraction of sp³-hybridized carbons (Fsp3) is 0.250. The van der Waals surface area contributed by atoms with Crippen LogP contribution in [0, 0.1) is 0 Å². The molecule has 0 saturated heterocycles. The number of thioether (sulfide) groups is 1. The molecule has 1 amide bonds. The molecule has 28 heavy (non-hydrogen) atoms. The summed E-state index contributed by atoms with van der Waals surface area (Å²) in [6.07, 6.45) is 3.70. The average Bonchev–Trinajstić information content (AvgIpc) is 3.09. The van der Waals surface area contributed by atoms with Crippen LogP contribution in [-0.4, -0.2) is 34.5 Å². The third-order valence-electron chi connectivity index (χ3n) is 3.87. The maximum Gasteiger partial charge on any atom is 0.230 e. The largest absolute Gasteiger partial charge is 0.507 e. The summed E-state index contributed by atoms with van der Waals surface area (Å²) in [4.78, 5) is 20.9. The molecule has 0 aliphatic rings. The molecule has 0 atom stereocenters. The van der Waals surface area contributed by atoms with Crippen LogP contribution in [0.4, 0.5) is 5.69 Å². The van der Waals surface area contributed by atoms with Crippen molar-refractivity contribution in [1.82, 2.24) is 10.3 Å². The SMILES string of the molecule is CCCCNC(=O)CSc1nc2ccc(N=Cc3cc(Br)ccc3O)cc2s1. The maximum absolute atomic E-state index is 11.8. The minimum atomic E-state index is 0.0387. The number of carbonyl (C=O) groups excluding carboxylic acids is 1. The third-order valence-corrected chi connectivity index (χ3v) is 6.53. The number of thiazole rings is 1. The first-order valence-corrected chi connectivity index (χ1v) is 11.5. The van der Waals surface area contributed by atoms with E-state index in [9.17, 15) is 9.90 Å². The fourth-order valence-electron chi connectivity index (χ4n) is 2.39. The zero-order valence-corrected chi connectivity index (χ0v) is 18.5. The third kappa shape index (κ3) is 5.80. The number of unbranched alkanes of at least 4 members (excludes halogenated alkanes) is 1. The summed E-state index contributed by atoms with van der Waals surface area (Å²) < 4.78 is 2.76. The summed E-state index contributed by atoms with van der Waals surface area (Å²) in [5.74, 6) is 0.593. The average molecular weight is 478 g/mol. The molecule has 1 aromatic heterocycles. The summed E-state index contributed by atoms with van der Waals surface area (Å²) in [5, 5.41) is 12.8. The van der Waals surface area contributed by atoms with E-state index in [1.807, 2.05) is 24.3 Å². The van der Waals surface area contributed by atoms with Crippen molar-refractivity contribution in [1.29, 1.82) is 0 Å². The normalized spacial score (nSPS) is 11.4. The minimum Gasteiger partial charge on any atom is -0.507 e. The number of phenolic OH excluding ortho intramolecular Hbond substituents is 1. The molecule has 0 spiro atoms. The predicted molar refractivity (Wildman–Crippen MR) is 121 cm³/mol. The fourth-order valence-corrected chi connectivity index (χ4v) is 4.70. The maximum atomic E-state index is 11.8. The van der Waals surface area contributed by atoms with Crippen LogP contribution < -0.4 is 5.32 Å². The number of aliphatic imine (C=N–C) groups is 1. The molecule has 5 nitrogen and oxygen atoms in total. The molecule has 146 valence electrons. The quantitative estimate of drug-likeness (QED) is 0.254. The highest BCUT2D eigenvalue weighted by Gasteiger charge is 2.08. The molecule has 2 aromatic carbocycles. The molecule has 0 aliphatic carbocycles. The van der Waals surface area contributed by atoms with Crippen LogP contribution in [0.3, 0.4) is 0 Å². The molecular formula is C20H20BrN3O2S2. The van der Waals surface area contributed by atoms with Crippen LogP contribution in [0.1, 0.15) is 25.3 Å². The zero-order chi connectivity index (χ0) is 19.9. The lowest BCUT2D eigenvalue weighted by molar-refractivity contribution is -0.118. The zero-order valence-electron chi connectivity index (χ0n) is 15.3. The van der Waals surface area contributed by atoms with Crippen molar-refractivity contribution in [3.05, 3.63) is 46.4 Å². The van der Waals surface area contributed by atoms with Gasteiger partial charge in [-0.2, -0.15) is 0 Å². The number of phenols is 1. The second kappa shape index (κ2) is 10.0. The summed E-state index contributed by atoms with van der Waals surface area (Å²) in [6, 6.07) is 11.0. The monoisotopic (exact) mass is 477 g/mol. The Bertz CT molecular complexity index is 1000. The summed E-state index contributed by atoms with van der Waals surface area (Å²) in [7, 11) is 0. The smallest absolute Gasteiger partial charge is 0.230 e. The van der Waals surface area contributed by atoms with Gasteiger partial charge in [0.05, 0.1) is 21.7 Å². The van der Waals surface area contributed by atoms with Crippen LogP contribution in [0.5, 0.6) is 5.75 Å². The van der Waals surface area contributed by atoms with Crippen LogP contribution in [0.25, 0.3) is 10.2 Å². The lowest BCUT2D eigenvalue weighted by Gasteiger charge is -2.01. The van der Waals surface area contributed by atoms with Crippen LogP contribution in [0.15, 0.2) is 50.2 Å². The van der Waals surface area contributed by atoms with Gasteiger partial charge in [-0.3, -0.25) is 9.79 Å². The molecule has 2 N–H and O–H groups in total. The number of fused-ring (bicyclic) bond motifs is 1. The Labute approximate surface area is 180 Å². The summed E-state index contributed by atoms with van der Waals surface area (Å²) in [5.41, 5.74) is 2.32. The number of hydrogen-bond acceptors (Lipinski definition) is 6. The van der Waals surface area contributed by atoms with E-state index in [1.54, 1.807) is 29.7 Å². The molecule has 3 rings (SSSR count). The Morgan fingerprint density at radius 1 is 1.36 bits per heavy atom. The number of rotatable bonds is 8. The number of hydrogen-bond donors (Lipinski definition) is 2. The molecule has 0 saturated carbocycles. The van der Waals surface area contributed by atoms with Gasteiger partial charge in [-0.25, -0.2) is 4.98 Å². The minimum absolute atomic E-state index is 0.0387. The van der Waals surface area contributed by atoms with Crippen molar-refractivity contribution in [2.45, 2.75) is 24.1 Å². The van der Waals surface area contributed by atoms with Crippen molar-refractivity contribution in [3.63, 3.8) is 0 Å². The lowest BCUT2D eigenvalue weighted by Crippen LogP contribution is -2.25. The van der Waals surface area contributed by atoms with Gasteiger partial charge in [-0.05, 0) is 42.8 Å². The lowest BCUT2D eigenvalue weighted by atomic mass is 10.2. The Balaban J connectivity index is 1.66. The Morgan fingerprint density at radius 3 is 3.04 bits per heavy atom. The van der Waals surface area contributed by atoms with Crippen molar-refractivity contribution in [2.24, 2.45) is 4.99 Å². The predicted octanol–water partition coefficient (Wildman–Crippen LogP) is 5.52. The van der Waals surface area contributed by atoms with E-state index in [4.69, 9.17) is 0 Å². The van der Waals surface area contributed by atoms with Crippen molar-refractivity contribution in [2.75, 3.05) is 12.3 Å². The Hall–Kier alpha value is -1.90. The standard InChI is InChI=1S/C20H20BrN3O2S2/c1-2-3-8-22-19(26)12-27-20-24-16-6-5-15(10-18(16)28-20)23-11-13-9-14(21)4-7-17(13)25/h4-7,9-11,25H,2-3,8,12H2,1H3,(H,22,26). The van der Waals surface area contributed by atoms with E-state index >= 15 is 0 Å². The van der Waals surface area contributed by atoms with Gasteiger partial charge < -0.3 is 10.4 Å². The molecular weight excluding hydrogens is 458 g/mol. The second-order valence-electron chi connectivity index (χ2n) is 6.09. The van der Waals surface area contributed by atoms with Gasteiger partial charge in [0.15, 0.2) is 4.34 Å². The number of amides is 1. The topological polar surface area (TPSA) is 74.6 Å². The number of benzene rings is 2. The van der Waals surface area contributed by atoms with Gasteiger partial charge in [0.2, 0.25) is 5.91 Å². The number of nitrogens with zero attached hydrogens (tertiary/aromatic N) is 2. The number of halogens is 1. The van der Waals surface area contributed by atoms with Crippen LogP contribution in [-0.2, 0) is 4.79 Å². The van der Waals surface area contributed by atoms with Crippen molar-refractivity contribution < 1.29 is 9.90 Å². The van der Waals surface area contributed by atoms with E-state index in [2.05, 4.69) is 38.1 Å². The van der Waals surface area contributed by atoms with Crippen molar-refractivity contribution in [3.8, 4) is 5.75 Å². The first-order valence-electron chi connectivity index (χ1n) is 8.88. The van der Waals surface area contributed by atoms with E-state index in [-0.39, 0.29) is 11.7 Å². The van der Waals surface area contributed by atoms with E-state index < -0.39 is 0 Å². The molecule has 1 heterocycles. The molecule has 0 fully saturated rings. The van der Waals surface area contributed by atoms with Crippen molar-refractivity contribution >= 4 is 67.1 Å². The van der Waals surface area contributed by atoms with Gasteiger partial charge in [-0.1, -0.05) is 41.0 Å². The van der Waals surface area contributed by atoms with Gasteiger partial charge >= 0.3 is 0 Å². The molecule has 3 aromatic rings.